The van der Waals surface area contributed by atoms with E-state index in [2.05, 4.69) is 5.10 Å². The van der Waals surface area contributed by atoms with Crippen LogP contribution in [0, 0.1) is 0 Å². The minimum absolute atomic E-state index is 0.0789. The van der Waals surface area contributed by atoms with E-state index in [0.717, 1.165) is 4.68 Å². The summed E-state index contributed by atoms with van der Waals surface area (Å²) in [5.41, 5.74) is 5.51. The first kappa shape index (κ1) is 22.2. The van der Waals surface area contributed by atoms with Gasteiger partial charge in [0.2, 0.25) is 0 Å². The fraction of sp³-hybridized carbons (Fsp3) is 0.450. The molecule has 10 heteroatoms. The molecule has 0 aliphatic carbocycles. The Hall–Kier alpha value is -2.45. The van der Waals surface area contributed by atoms with Gasteiger partial charge in [0.15, 0.2) is 11.6 Å². The second kappa shape index (κ2) is 8.73. The van der Waals surface area contributed by atoms with Crippen LogP contribution in [0.4, 0.5) is 10.6 Å². The van der Waals surface area contributed by atoms with E-state index < -0.39 is 11.2 Å². The maximum absolute atomic E-state index is 12.5. The number of benzene rings is 1. The van der Waals surface area contributed by atoms with E-state index in [4.69, 9.17) is 38.4 Å². The van der Waals surface area contributed by atoms with Gasteiger partial charge in [-0.2, -0.15) is 4.68 Å². The summed E-state index contributed by atoms with van der Waals surface area (Å²) in [6.45, 7) is 6.48. The van der Waals surface area contributed by atoms with Crippen LogP contribution in [-0.2, 0) is 4.74 Å². The average molecular weight is 455 g/mol. The summed E-state index contributed by atoms with van der Waals surface area (Å²) >= 11 is 11.9. The van der Waals surface area contributed by atoms with Crippen LogP contribution in [0.25, 0.3) is 5.69 Å². The normalized spacial score (nSPS) is 15.2. The first-order valence-electron chi connectivity index (χ1n) is 9.53. The van der Waals surface area contributed by atoms with Gasteiger partial charge in [-0.3, -0.25) is 4.79 Å². The summed E-state index contributed by atoms with van der Waals surface area (Å²) in [7, 11) is 0. The van der Waals surface area contributed by atoms with Crippen molar-refractivity contribution in [3.8, 4) is 11.4 Å². The summed E-state index contributed by atoms with van der Waals surface area (Å²) in [4.78, 5) is 26.3. The van der Waals surface area contributed by atoms with Crippen LogP contribution >= 0.6 is 23.2 Å². The molecule has 1 aromatic carbocycles. The number of halogens is 2. The first-order chi connectivity index (χ1) is 14.0. The molecule has 8 nitrogen and oxygen atoms in total. The molecule has 30 heavy (non-hydrogen) atoms. The van der Waals surface area contributed by atoms with Gasteiger partial charge >= 0.3 is 6.09 Å². The van der Waals surface area contributed by atoms with Gasteiger partial charge in [0.1, 0.15) is 11.7 Å². The Labute approximate surface area is 184 Å². The van der Waals surface area contributed by atoms with Gasteiger partial charge in [0.25, 0.3) is 5.56 Å². The number of amides is 1. The maximum atomic E-state index is 12.5. The molecular formula is C20H24Cl2N4O4. The Morgan fingerprint density at radius 2 is 1.83 bits per heavy atom. The summed E-state index contributed by atoms with van der Waals surface area (Å²) in [5, 5.41) is 4.81. The molecule has 0 saturated carbocycles. The van der Waals surface area contributed by atoms with E-state index in [1.54, 1.807) is 17.0 Å². The highest BCUT2D eigenvalue weighted by atomic mass is 35.5. The summed E-state index contributed by atoms with van der Waals surface area (Å²) < 4.78 is 12.4. The Morgan fingerprint density at radius 3 is 2.43 bits per heavy atom. The molecule has 1 aliphatic rings. The minimum Gasteiger partial charge on any atom is -0.486 e. The largest absolute Gasteiger partial charge is 0.486 e. The third kappa shape index (κ3) is 5.37. The van der Waals surface area contributed by atoms with Crippen molar-refractivity contribution in [2.75, 3.05) is 18.8 Å². The Kier molecular flexibility index (Phi) is 6.47. The number of likely N-dealkylation sites (tertiary alicyclic amines) is 1. The third-order valence-electron chi connectivity index (χ3n) is 4.46. The summed E-state index contributed by atoms with van der Waals surface area (Å²) in [5.74, 6) is 0.294. The fourth-order valence-electron chi connectivity index (χ4n) is 3.01. The number of carbonyl (C=O) groups is 1. The van der Waals surface area contributed by atoms with Crippen molar-refractivity contribution in [3.63, 3.8) is 0 Å². The van der Waals surface area contributed by atoms with E-state index in [1.807, 2.05) is 20.8 Å². The Morgan fingerprint density at radius 1 is 1.17 bits per heavy atom. The van der Waals surface area contributed by atoms with Gasteiger partial charge in [0.05, 0.1) is 21.8 Å². The van der Waals surface area contributed by atoms with Crippen molar-refractivity contribution in [2.24, 2.45) is 0 Å². The molecule has 1 aliphatic heterocycles. The highest BCUT2D eigenvalue weighted by molar-refractivity contribution is 6.42. The predicted molar refractivity (Wildman–Crippen MR) is 116 cm³/mol. The van der Waals surface area contributed by atoms with Crippen molar-refractivity contribution in [1.29, 1.82) is 0 Å². The summed E-state index contributed by atoms with van der Waals surface area (Å²) in [6.07, 6.45) is 0.655. The average Bonchev–Trinajstić information content (AvgIpc) is 2.66. The Bertz CT molecular complexity index is 995. The van der Waals surface area contributed by atoms with Gasteiger partial charge < -0.3 is 20.1 Å². The molecule has 0 atom stereocenters. The molecule has 0 bridgehead atoms. The van der Waals surface area contributed by atoms with Gasteiger partial charge in [-0.15, -0.1) is 5.10 Å². The molecule has 3 rings (SSSR count). The number of rotatable bonds is 3. The molecular weight excluding hydrogens is 431 g/mol. The SMILES string of the molecule is CC(C)(C)OC(=O)N1CCC(Oc2cc(=O)n(-c3ccc(Cl)c(Cl)c3)nc2N)CC1. The van der Waals surface area contributed by atoms with Crippen LogP contribution in [0.15, 0.2) is 29.1 Å². The van der Waals surface area contributed by atoms with Gasteiger partial charge in [-0.05, 0) is 39.0 Å². The van der Waals surface area contributed by atoms with Gasteiger partial charge in [-0.1, -0.05) is 23.2 Å². The molecule has 0 radical (unpaired) electrons. The van der Waals surface area contributed by atoms with Gasteiger partial charge in [0, 0.05) is 25.9 Å². The minimum atomic E-state index is -0.539. The number of anilines is 1. The number of aromatic nitrogens is 2. The molecule has 2 N–H and O–H groups in total. The molecule has 1 amide bonds. The molecule has 2 heterocycles. The lowest BCUT2D eigenvalue weighted by Crippen LogP contribution is -2.44. The monoisotopic (exact) mass is 454 g/mol. The lowest BCUT2D eigenvalue weighted by Gasteiger charge is -2.33. The van der Waals surface area contributed by atoms with Crippen LogP contribution in [0.1, 0.15) is 33.6 Å². The van der Waals surface area contributed by atoms with Crippen LogP contribution < -0.4 is 16.0 Å². The van der Waals surface area contributed by atoms with Crippen LogP contribution in [-0.4, -0.2) is 45.6 Å². The standard InChI is InChI=1S/C20H24Cl2N4O4/c1-20(2,3)30-19(28)25-8-6-13(7-9-25)29-16-11-17(27)26(24-18(16)23)12-4-5-14(21)15(22)10-12/h4-5,10-11,13H,6-9H2,1-3H3,(H2,23,24). The quantitative estimate of drug-likeness (QED) is 0.754. The Balaban J connectivity index is 1.67. The van der Waals surface area contributed by atoms with Crippen molar-refractivity contribution < 1.29 is 14.3 Å². The third-order valence-corrected chi connectivity index (χ3v) is 5.20. The number of carbonyl (C=O) groups excluding carboxylic acids is 1. The zero-order valence-corrected chi connectivity index (χ0v) is 18.5. The lowest BCUT2D eigenvalue weighted by atomic mass is 10.1. The number of nitrogens with two attached hydrogens (primary N) is 1. The number of piperidine rings is 1. The maximum Gasteiger partial charge on any atom is 0.410 e. The van der Waals surface area contributed by atoms with E-state index in [0.29, 0.717) is 41.7 Å². The van der Waals surface area contributed by atoms with E-state index in [-0.39, 0.29) is 23.8 Å². The zero-order chi connectivity index (χ0) is 22.1. The molecule has 0 spiro atoms. The van der Waals surface area contributed by atoms with E-state index in [1.165, 1.54) is 12.1 Å². The second-order valence-corrected chi connectivity index (χ2v) is 8.84. The first-order valence-corrected chi connectivity index (χ1v) is 10.3. The number of hydrogen-bond acceptors (Lipinski definition) is 6. The molecule has 1 saturated heterocycles. The smallest absolute Gasteiger partial charge is 0.410 e. The van der Waals surface area contributed by atoms with Crippen LogP contribution in [0.5, 0.6) is 5.75 Å². The van der Waals surface area contributed by atoms with E-state index >= 15 is 0 Å². The van der Waals surface area contributed by atoms with Crippen molar-refractivity contribution in [2.45, 2.75) is 45.3 Å². The molecule has 1 fully saturated rings. The topological polar surface area (TPSA) is 99.7 Å². The van der Waals surface area contributed by atoms with Crippen LogP contribution in [0.3, 0.4) is 0 Å². The van der Waals surface area contributed by atoms with Gasteiger partial charge in [-0.25, -0.2) is 4.79 Å². The van der Waals surface area contributed by atoms with Crippen LogP contribution in [0.2, 0.25) is 10.0 Å². The van der Waals surface area contributed by atoms with Crippen molar-refractivity contribution in [3.05, 3.63) is 44.7 Å². The van der Waals surface area contributed by atoms with E-state index in [9.17, 15) is 9.59 Å². The van der Waals surface area contributed by atoms with Crippen molar-refractivity contribution >= 4 is 35.1 Å². The highest BCUT2D eigenvalue weighted by Gasteiger charge is 2.28. The fourth-order valence-corrected chi connectivity index (χ4v) is 3.30. The van der Waals surface area contributed by atoms with Crippen molar-refractivity contribution in [1.82, 2.24) is 14.7 Å². The number of ether oxygens (including phenoxy) is 2. The molecule has 1 aromatic heterocycles. The lowest BCUT2D eigenvalue weighted by molar-refractivity contribution is 0.0126. The predicted octanol–water partition coefficient (Wildman–Crippen LogP) is 3.90. The number of hydrogen-bond donors (Lipinski definition) is 1. The molecule has 0 unspecified atom stereocenters. The zero-order valence-electron chi connectivity index (χ0n) is 17.0. The molecule has 2 aromatic rings. The molecule has 162 valence electrons. The second-order valence-electron chi connectivity index (χ2n) is 8.03. The number of nitrogen functional groups attached to an aromatic ring is 1. The highest BCUT2D eigenvalue weighted by Crippen LogP contribution is 2.26. The number of nitrogens with zero attached hydrogens (tertiary/aromatic N) is 3. The summed E-state index contributed by atoms with van der Waals surface area (Å²) in [6, 6.07) is 6.02.